The van der Waals surface area contributed by atoms with Gasteiger partial charge in [-0.2, -0.15) is 5.26 Å². The van der Waals surface area contributed by atoms with Gasteiger partial charge in [0.05, 0.1) is 22.0 Å². The molecule has 1 aliphatic heterocycles. The number of rotatable bonds is 2. The molecule has 21 heavy (non-hydrogen) atoms. The van der Waals surface area contributed by atoms with Crippen LogP contribution in [0.4, 0.5) is 5.69 Å². The zero-order valence-corrected chi connectivity index (χ0v) is 13.1. The molecule has 0 unspecified atom stereocenters. The number of likely N-dealkylation sites (tertiary alicyclic amines) is 1. The molecule has 1 saturated heterocycles. The summed E-state index contributed by atoms with van der Waals surface area (Å²) in [5.74, 6) is -0.245. The van der Waals surface area contributed by atoms with E-state index < -0.39 is 10.3 Å². The molecule has 0 N–H and O–H groups in total. The maximum absolute atomic E-state index is 12.5. The van der Waals surface area contributed by atoms with Gasteiger partial charge >= 0.3 is 0 Å². The van der Waals surface area contributed by atoms with E-state index in [1.807, 2.05) is 6.92 Å². The summed E-state index contributed by atoms with van der Waals surface area (Å²) in [5.41, 5.74) is -0.235. The van der Waals surface area contributed by atoms with Gasteiger partial charge in [0.25, 0.3) is 11.6 Å². The molecule has 1 amide bonds. The minimum Gasteiger partial charge on any atom is -0.338 e. The minimum absolute atomic E-state index is 0.125. The summed E-state index contributed by atoms with van der Waals surface area (Å²) in [5, 5.41) is 20.0. The van der Waals surface area contributed by atoms with Gasteiger partial charge in [-0.05, 0) is 41.8 Å². The first-order chi connectivity index (χ1) is 9.88. The van der Waals surface area contributed by atoms with E-state index in [9.17, 15) is 14.9 Å². The van der Waals surface area contributed by atoms with Gasteiger partial charge in [0.1, 0.15) is 4.47 Å². The fourth-order valence-corrected chi connectivity index (χ4v) is 2.89. The lowest BCUT2D eigenvalue weighted by atomic mass is 9.82. The molecule has 7 heteroatoms. The van der Waals surface area contributed by atoms with Crippen LogP contribution >= 0.6 is 15.9 Å². The molecule has 0 atom stereocenters. The van der Waals surface area contributed by atoms with Crippen LogP contribution in [0.1, 0.15) is 30.1 Å². The van der Waals surface area contributed by atoms with Crippen LogP contribution in [0, 0.1) is 26.9 Å². The summed E-state index contributed by atoms with van der Waals surface area (Å²) in [6.45, 7) is 2.86. The largest absolute Gasteiger partial charge is 0.338 e. The Labute approximate surface area is 130 Å². The van der Waals surface area contributed by atoms with Crippen molar-refractivity contribution in [3.8, 4) is 6.07 Å². The van der Waals surface area contributed by atoms with Crippen LogP contribution < -0.4 is 0 Å². The van der Waals surface area contributed by atoms with E-state index in [0.717, 1.165) is 0 Å². The molecule has 0 spiro atoms. The Balaban J connectivity index is 2.21. The van der Waals surface area contributed by atoms with Crippen molar-refractivity contribution in [1.29, 1.82) is 5.26 Å². The predicted molar refractivity (Wildman–Crippen MR) is 79.7 cm³/mol. The highest BCUT2D eigenvalue weighted by molar-refractivity contribution is 9.10. The molecule has 1 aromatic carbocycles. The van der Waals surface area contributed by atoms with Crippen molar-refractivity contribution in [3.63, 3.8) is 0 Å². The van der Waals surface area contributed by atoms with Crippen molar-refractivity contribution in [1.82, 2.24) is 4.90 Å². The van der Waals surface area contributed by atoms with Crippen molar-refractivity contribution < 1.29 is 9.72 Å². The number of hydrogen-bond donors (Lipinski definition) is 0. The molecule has 0 aromatic heterocycles. The standard InChI is InChI=1S/C14H14BrN3O3/c1-14(9-16)5-7-17(8-6-14)13(19)10-3-2-4-11(12(10)15)18(20)21/h2-4H,5-8H2,1H3. The predicted octanol–water partition coefficient (Wildman–Crippen LogP) is 3.12. The molecule has 0 bridgehead atoms. The number of nitro benzene ring substituents is 1. The number of carbonyl (C=O) groups excluding carboxylic acids is 1. The van der Waals surface area contributed by atoms with E-state index >= 15 is 0 Å². The molecule has 110 valence electrons. The number of halogens is 1. The zero-order chi connectivity index (χ0) is 15.6. The second-order valence-corrected chi connectivity index (χ2v) is 6.15. The van der Waals surface area contributed by atoms with Crippen LogP contribution in [-0.4, -0.2) is 28.8 Å². The van der Waals surface area contributed by atoms with Gasteiger partial charge in [-0.1, -0.05) is 6.07 Å². The van der Waals surface area contributed by atoms with Crippen molar-refractivity contribution in [3.05, 3.63) is 38.3 Å². The lowest BCUT2D eigenvalue weighted by molar-refractivity contribution is -0.385. The first-order valence-corrected chi connectivity index (χ1v) is 7.31. The number of hydrogen-bond acceptors (Lipinski definition) is 4. The Hall–Kier alpha value is -1.94. The van der Waals surface area contributed by atoms with Gasteiger partial charge in [0, 0.05) is 19.2 Å². The average Bonchev–Trinajstić information content (AvgIpc) is 2.47. The van der Waals surface area contributed by atoms with E-state index in [1.165, 1.54) is 12.1 Å². The quantitative estimate of drug-likeness (QED) is 0.604. The first-order valence-electron chi connectivity index (χ1n) is 6.51. The van der Waals surface area contributed by atoms with Crippen LogP contribution in [0.3, 0.4) is 0 Å². The van der Waals surface area contributed by atoms with Crippen molar-refractivity contribution in [2.75, 3.05) is 13.1 Å². The topological polar surface area (TPSA) is 87.2 Å². The van der Waals surface area contributed by atoms with Crippen molar-refractivity contribution >= 4 is 27.5 Å². The molecule has 1 aromatic rings. The Morgan fingerprint density at radius 3 is 2.62 bits per heavy atom. The van der Waals surface area contributed by atoms with Crippen molar-refractivity contribution in [2.24, 2.45) is 5.41 Å². The van der Waals surface area contributed by atoms with E-state index in [0.29, 0.717) is 25.9 Å². The maximum atomic E-state index is 12.5. The number of carbonyl (C=O) groups is 1. The summed E-state index contributed by atoms with van der Waals surface area (Å²) in [7, 11) is 0. The highest BCUT2D eigenvalue weighted by Gasteiger charge is 2.33. The average molecular weight is 352 g/mol. The summed E-state index contributed by atoms with van der Waals surface area (Å²) >= 11 is 3.14. The Morgan fingerprint density at radius 1 is 1.48 bits per heavy atom. The molecule has 0 aliphatic carbocycles. The summed E-state index contributed by atoms with van der Waals surface area (Å²) in [6.07, 6.45) is 1.23. The van der Waals surface area contributed by atoms with Crippen molar-refractivity contribution in [2.45, 2.75) is 19.8 Å². The Kier molecular flexibility index (Phi) is 4.28. The number of nitrogens with zero attached hydrogens (tertiary/aromatic N) is 3. The molecule has 1 heterocycles. The zero-order valence-electron chi connectivity index (χ0n) is 11.5. The van der Waals surface area contributed by atoms with Crippen LogP contribution in [0.15, 0.2) is 22.7 Å². The fraction of sp³-hybridized carbons (Fsp3) is 0.429. The van der Waals surface area contributed by atoms with E-state index in [2.05, 4.69) is 22.0 Å². The third-order valence-corrected chi connectivity index (χ3v) is 4.66. The van der Waals surface area contributed by atoms with Gasteiger partial charge in [-0.25, -0.2) is 0 Å². The molecule has 0 radical (unpaired) electrons. The highest BCUT2D eigenvalue weighted by Crippen LogP contribution is 2.33. The lowest BCUT2D eigenvalue weighted by Crippen LogP contribution is -2.41. The van der Waals surface area contributed by atoms with Gasteiger partial charge in [0.15, 0.2) is 0 Å². The highest BCUT2D eigenvalue weighted by atomic mass is 79.9. The fourth-order valence-electron chi connectivity index (χ4n) is 2.31. The smallest absolute Gasteiger partial charge is 0.284 e. The Bertz CT molecular complexity index is 631. The molecular weight excluding hydrogens is 338 g/mol. The third kappa shape index (κ3) is 3.05. The van der Waals surface area contributed by atoms with Gasteiger partial charge < -0.3 is 4.90 Å². The molecule has 1 aliphatic rings. The number of benzene rings is 1. The number of amides is 1. The van der Waals surface area contributed by atoms with Crippen LogP contribution in [0.2, 0.25) is 0 Å². The first kappa shape index (κ1) is 15.4. The summed E-state index contributed by atoms with van der Waals surface area (Å²) < 4.78 is 0.202. The minimum atomic E-state index is -0.524. The second kappa shape index (κ2) is 5.82. The summed E-state index contributed by atoms with van der Waals surface area (Å²) in [4.78, 5) is 24.5. The number of piperidine rings is 1. The molecular formula is C14H14BrN3O3. The van der Waals surface area contributed by atoms with Crippen LogP contribution in [0.5, 0.6) is 0 Å². The SMILES string of the molecule is CC1(C#N)CCN(C(=O)c2cccc([N+](=O)[O-])c2Br)CC1. The van der Waals surface area contributed by atoms with Gasteiger partial charge in [0.2, 0.25) is 0 Å². The lowest BCUT2D eigenvalue weighted by Gasteiger charge is -2.35. The summed E-state index contributed by atoms with van der Waals surface area (Å²) in [6, 6.07) is 6.70. The molecule has 6 nitrogen and oxygen atoms in total. The van der Waals surface area contributed by atoms with E-state index in [1.54, 1.807) is 11.0 Å². The van der Waals surface area contributed by atoms with Gasteiger partial charge in [-0.3, -0.25) is 14.9 Å². The maximum Gasteiger partial charge on any atom is 0.284 e. The normalized spacial score (nSPS) is 17.1. The number of nitro groups is 1. The van der Waals surface area contributed by atoms with Gasteiger partial charge in [-0.15, -0.1) is 0 Å². The Morgan fingerprint density at radius 2 is 2.10 bits per heavy atom. The van der Waals surface area contributed by atoms with E-state index in [4.69, 9.17) is 5.26 Å². The molecule has 2 rings (SSSR count). The monoisotopic (exact) mass is 351 g/mol. The number of nitriles is 1. The third-order valence-electron chi connectivity index (χ3n) is 3.83. The van der Waals surface area contributed by atoms with Crippen LogP contribution in [-0.2, 0) is 0 Å². The molecule has 1 fully saturated rings. The van der Waals surface area contributed by atoms with Crippen LogP contribution in [0.25, 0.3) is 0 Å². The van der Waals surface area contributed by atoms with E-state index in [-0.39, 0.29) is 21.6 Å². The second-order valence-electron chi connectivity index (χ2n) is 5.36. The molecule has 0 saturated carbocycles.